The summed E-state index contributed by atoms with van der Waals surface area (Å²) in [4.78, 5) is 56.8. The summed E-state index contributed by atoms with van der Waals surface area (Å²) in [6.07, 6.45) is 0. The molecule has 1 aromatic rings. The monoisotopic (exact) mass is 996 g/mol. The van der Waals surface area contributed by atoms with E-state index in [1.807, 2.05) is 84.9 Å². The van der Waals surface area contributed by atoms with Gasteiger partial charge in [0, 0.05) is 20.2 Å². The molecule has 0 unspecified atom stereocenters. The molecule has 0 N–H and O–H groups in total. The van der Waals surface area contributed by atoms with Crippen molar-refractivity contribution in [2.45, 2.75) is 0 Å². The predicted molar refractivity (Wildman–Crippen MR) is 234 cm³/mol. The van der Waals surface area contributed by atoms with Crippen LogP contribution in [0.1, 0.15) is 33.4 Å². The van der Waals surface area contributed by atoms with Gasteiger partial charge >= 0.3 is 88.3 Å². The molecule has 8 nitrogen and oxygen atoms in total. The number of halogens is 12. The second-order valence-corrected chi connectivity index (χ2v) is 18.9. The third kappa shape index (κ3) is 11.4. The summed E-state index contributed by atoms with van der Waals surface area (Å²) in [5.41, 5.74) is 4.06. The van der Waals surface area contributed by atoms with Gasteiger partial charge in [-0.2, -0.15) is 0 Å². The number of furan rings is 2. The molecule has 1 aromatic carbocycles. The van der Waals surface area contributed by atoms with Crippen LogP contribution in [0, 0.1) is 11.8 Å². The summed E-state index contributed by atoms with van der Waals surface area (Å²) in [6.45, 7) is 0. The van der Waals surface area contributed by atoms with Gasteiger partial charge in [0.15, 0.2) is 22.6 Å². The van der Waals surface area contributed by atoms with E-state index in [9.17, 15) is 69.5 Å². The number of aromatic nitrogens is 2. The number of hydrogen-bond acceptors (Lipinski definition) is 6. The number of rotatable bonds is 6. The number of hydrogen-bond donors (Lipinski definition) is 0. The van der Waals surface area contributed by atoms with Crippen LogP contribution in [0.3, 0.4) is 0 Å². The first-order valence-corrected chi connectivity index (χ1v) is 23.5. The molecule has 0 radical (unpaired) electrons. The van der Waals surface area contributed by atoms with Crippen molar-refractivity contribution in [3.63, 3.8) is 0 Å². The predicted octanol–water partition coefficient (Wildman–Crippen LogP) is 14.2. The summed E-state index contributed by atoms with van der Waals surface area (Å²) in [5.74, 6) is 1.44. The Balaban J connectivity index is 0.000000428. The molecule has 0 spiro atoms. The van der Waals surface area contributed by atoms with Gasteiger partial charge in [-0.25, -0.2) is 19.2 Å². The Bertz CT molecular complexity index is 3270. The van der Waals surface area contributed by atoms with Gasteiger partial charge in [0.2, 0.25) is 0 Å². The molecule has 4 aliphatic heterocycles. The van der Waals surface area contributed by atoms with Crippen LogP contribution in [0.2, 0.25) is 0 Å². The van der Waals surface area contributed by atoms with Crippen LogP contribution in [0.4, 0.5) is 50.4 Å². The van der Waals surface area contributed by atoms with Gasteiger partial charge in [-0.15, -0.1) is 0 Å². The summed E-state index contributed by atoms with van der Waals surface area (Å²) < 4.78 is 133. The van der Waals surface area contributed by atoms with Crippen molar-refractivity contribution in [3.8, 4) is 45.2 Å². The summed E-state index contributed by atoms with van der Waals surface area (Å²) in [6, 6.07) is 43.8. The average molecular weight is 997 g/mol. The first-order chi connectivity index (χ1) is 31.2. The van der Waals surface area contributed by atoms with Crippen LogP contribution in [0.25, 0.3) is 45.2 Å². The number of benzene rings is 1. The topological polar surface area (TPSA) is 104 Å². The molecule has 22 heteroatoms. The summed E-state index contributed by atoms with van der Waals surface area (Å²) in [5, 5.41) is 0. The fourth-order valence-electron chi connectivity index (χ4n) is 7.66. The van der Waals surface area contributed by atoms with Crippen LogP contribution in [0.5, 0.6) is 0 Å². The maximum absolute atomic E-state index is 14.4. The van der Waals surface area contributed by atoms with Crippen molar-refractivity contribution in [1.82, 2.24) is 9.13 Å². The summed E-state index contributed by atoms with van der Waals surface area (Å²) >= 11 is 0. The minimum atomic E-state index is -10.7. The Hall–Kier alpha value is -7.30. The Morgan fingerprint density at radius 3 is 1.03 bits per heavy atom. The normalized spacial score (nSPS) is 13.9. The number of nitrogens with zero attached hydrogens (tertiary/aromatic N) is 2. The zero-order valence-corrected chi connectivity index (χ0v) is 36.4. The Kier molecular flexibility index (Phi) is 11.2. The van der Waals surface area contributed by atoms with E-state index in [4.69, 9.17) is 8.83 Å². The zero-order valence-electron chi connectivity index (χ0n) is 34.6. The third-order valence-electron chi connectivity index (χ3n) is 10.1. The van der Waals surface area contributed by atoms with Crippen molar-refractivity contribution >= 4 is 15.6 Å². The Morgan fingerprint density at radius 2 is 0.676 bits per heavy atom. The van der Waals surface area contributed by atoms with Crippen molar-refractivity contribution in [2.75, 3.05) is 0 Å². The zero-order chi connectivity index (χ0) is 49.9. The molecule has 0 saturated heterocycles. The van der Waals surface area contributed by atoms with Crippen molar-refractivity contribution in [2.24, 2.45) is 14.1 Å². The second-order valence-electron chi connectivity index (χ2n) is 15.1. The van der Waals surface area contributed by atoms with E-state index in [0.29, 0.717) is 79.3 Å². The third-order valence-corrected chi connectivity index (χ3v) is 10.1. The Labute approximate surface area is 374 Å². The van der Waals surface area contributed by atoms with Crippen LogP contribution in [0.15, 0.2) is 174 Å². The molecule has 0 fully saturated rings. The molecular weight excluding hydrogens is 966 g/mol. The molecule has 0 bridgehead atoms. The molecule has 4 aliphatic carbocycles. The van der Waals surface area contributed by atoms with Crippen LogP contribution >= 0.6 is 15.6 Å². The number of fused-ring (bicyclic) bond motifs is 4. The Morgan fingerprint density at radius 1 is 0.382 bits per heavy atom. The van der Waals surface area contributed by atoms with Gasteiger partial charge in [0.05, 0.1) is 56.6 Å². The van der Waals surface area contributed by atoms with Gasteiger partial charge in [-0.05, 0) is 66.7 Å². The van der Waals surface area contributed by atoms with Crippen LogP contribution in [-0.4, -0.2) is 9.13 Å². The molecule has 0 saturated carbocycles. The molecule has 0 amide bonds. The molecule has 8 aliphatic rings. The molecule has 68 heavy (non-hydrogen) atoms. The van der Waals surface area contributed by atoms with E-state index in [-0.39, 0.29) is 22.2 Å². The molecule has 9 rings (SSSR count). The van der Waals surface area contributed by atoms with E-state index in [2.05, 4.69) is 0 Å². The van der Waals surface area contributed by atoms with E-state index >= 15 is 0 Å². The molecular formula is C46H30F12N2O6P2. The SMILES string of the molecule is Cn1c2cccccc-2c([C+](c2cccc([C+](c3c4cccccc-4oc3=O)c3c4cccccc-4oc3=O)c2)c2c3cccccc-3n(C)c2=O)c1=O.F[P-](F)(F)(F)(F)F.F[P-](F)(F)(F)(F)F. The quantitative estimate of drug-likeness (QED) is 0.0934. The van der Waals surface area contributed by atoms with Crippen molar-refractivity contribution in [3.05, 3.63) is 232 Å². The molecule has 0 atom stereocenters. The van der Waals surface area contributed by atoms with E-state index in [1.54, 1.807) is 83.9 Å². The van der Waals surface area contributed by atoms with Gasteiger partial charge in [0.1, 0.15) is 11.1 Å². The average Bonchev–Trinajstić information content (AvgIpc) is 3.52. The van der Waals surface area contributed by atoms with E-state index < -0.39 is 26.9 Å². The maximum atomic E-state index is 14.4. The van der Waals surface area contributed by atoms with E-state index in [1.165, 1.54) is 0 Å². The van der Waals surface area contributed by atoms with Crippen LogP contribution < -0.4 is 22.4 Å². The minimum absolute atomic E-state index is 0.189. The standard InChI is InChI=1S/C46H30N2O6.2F6P/c1-47-33-22-11-3-7-18-29(33)39(43(47)49)37(40-30-19-8-4-12-23-34(30)48(2)44(40)50)27-16-15-17-28(26-27)38(41-31-20-9-5-13-24-35(31)53-45(41)51)42-32-21-10-6-14-25-36(32)54-46(42)52;2*1-7(2,3,4,5)6/h3-26H,1-2H3;;/q+2;2*-1. The molecule has 4 heterocycles. The fraction of sp³-hybridized carbons (Fsp3) is 0.0435. The first kappa shape index (κ1) is 48.6. The summed E-state index contributed by atoms with van der Waals surface area (Å²) in [7, 11) is -17.9. The van der Waals surface area contributed by atoms with Gasteiger partial charge in [-0.1, -0.05) is 72.8 Å². The van der Waals surface area contributed by atoms with Gasteiger partial charge < -0.3 is 8.83 Å². The van der Waals surface area contributed by atoms with Crippen molar-refractivity contribution in [1.29, 1.82) is 0 Å². The fourth-order valence-corrected chi connectivity index (χ4v) is 7.66. The van der Waals surface area contributed by atoms with Crippen molar-refractivity contribution < 1.29 is 59.2 Å². The first-order valence-electron chi connectivity index (χ1n) is 19.4. The second kappa shape index (κ2) is 15.6. The van der Waals surface area contributed by atoms with Gasteiger partial charge in [-0.3, -0.25) is 9.13 Å². The van der Waals surface area contributed by atoms with E-state index in [0.717, 1.165) is 0 Å². The van der Waals surface area contributed by atoms with Gasteiger partial charge in [0.25, 0.3) is 0 Å². The van der Waals surface area contributed by atoms with Crippen LogP contribution in [-0.2, 0) is 14.1 Å². The molecule has 354 valence electrons. The molecule has 0 aromatic heterocycles.